The Morgan fingerprint density at radius 3 is 2.42 bits per heavy atom. The molecule has 0 spiro atoms. The molecule has 0 unspecified atom stereocenters. The number of anilines is 1. The summed E-state index contributed by atoms with van der Waals surface area (Å²) in [6, 6.07) is 4.43. The van der Waals surface area contributed by atoms with E-state index in [9.17, 15) is 4.79 Å². The van der Waals surface area contributed by atoms with Crippen LogP contribution in [0.25, 0.3) is 0 Å². The molecule has 0 aliphatic rings. The number of hydrogen-bond acceptors (Lipinski definition) is 5. The van der Waals surface area contributed by atoms with Crippen LogP contribution in [-0.2, 0) is 4.74 Å². The Morgan fingerprint density at radius 1 is 1.32 bits per heavy atom. The van der Waals surface area contributed by atoms with Gasteiger partial charge in [0.25, 0.3) is 0 Å². The molecule has 1 aromatic rings. The van der Waals surface area contributed by atoms with Gasteiger partial charge in [0.1, 0.15) is 11.4 Å². The van der Waals surface area contributed by atoms with E-state index >= 15 is 0 Å². The molecule has 0 atom stereocenters. The van der Waals surface area contributed by atoms with Gasteiger partial charge in [-0.05, 0) is 38.4 Å². The number of methoxy groups -OCH3 is 1. The van der Waals surface area contributed by atoms with E-state index in [-0.39, 0.29) is 5.46 Å². The monoisotopic (exact) mass is 267 g/mol. The Balaban J connectivity index is 2.92. The van der Waals surface area contributed by atoms with Crippen LogP contribution in [-0.4, -0.2) is 36.0 Å². The van der Waals surface area contributed by atoms with Crippen LogP contribution in [0, 0.1) is 0 Å². The fourth-order valence-electron chi connectivity index (χ4n) is 1.40. The van der Waals surface area contributed by atoms with Gasteiger partial charge in [0.15, 0.2) is 0 Å². The van der Waals surface area contributed by atoms with Crippen molar-refractivity contribution in [1.29, 1.82) is 0 Å². The summed E-state index contributed by atoms with van der Waals surface area (Å²) in [5, 5.41) is 20.7. The first-order chi connectivity index (χ1) is 8.73. The van der Waals surface area contributed by atoms with Crippen LogP contribution < -0.4 is 15.5 Å². The number of ether oxygens (including phenoxy) is 2. The maximum Gasteiger partial charge on any atom is 0.488 e. The maximum atomic E-state index is 11.7. The van der Waals surface area contributed by atoms with Crippen LogP contribution in [0.1, 0.15) is 20.8 Å². The highest BCUT2D eigenvalue weighted by Crippen LogP contribution is 2.23. The van der Waals surface area contributed by atoms with Crippen LogP contribution in [0.4, 0.5) is 10.5 Å². The van der Waals surface area contributed by atoms with Crippen LogP contribution in [0.3, 0.4) is 0 Å². The standard InChI is InChI=1S/C12H18BNO5/c1-12(2,3)19-11(15)14-9-7-8(13(16)17)5-6-10(9)18-4/h5-7,16-17H,1-4H3,(H,14,15). The van der Waals surface area contributed by atoms with E-state index in [0.29, 0.717) is 11.4 Å². The number of hydrogen-bond donors (Lipinski definition) is 3. The van der Waals surface area contributed by atoms with Crippen molar-refractivity contribution in [2.75, 3.05) is 12.4 Å². The highest BCUT2D eigenvalue weighted by molar-refractivity contribution is 6.58. The Labute approximate surface area is 112 Å². The molecule has 1 rings (SSSR count). The smallest absolute Gasteiger partial charge is 0.488 e. The van der Waals surface area contributed by atoms with Gasteiger partial charge >= 0.3 is 13.2 Å². The van der Waals surface area contributed by atoms with Crippen molar-refractivity contribution in [2.24, 2.45) is 0 Å². The molecule has 0 aromatic heterocycles. The Hall–Kier alpha value is -1.73. The lowest BCUT2D eigenvalue weighted by atomic mass is 9.80. The second kappa shape index (κ2) is 5.94. The van der Waals surface area contributed by atoms with Gasteiger partial charge in [0.2, 0.25) is 0 Å². The summed E-state index contributed by atoms with van der Waals surface area (Å²) in [5.74, 6) is 0.398. The quantitative estimate of drug-likeness (QED) is 0.702. The van der Waals surface area contributed by atoms with Crippen molar-refractivity contribution in [3.05, 3.63) is 18.2 Å². The summed E-state index contributed by atoms with van der Waals surface area (Å²) in [6.07, 6.45) is -0.643. The van der Waals surface area contributed by atoms with Crippen molar-refractivity contribution in [3.63, 3.8) is 0 Å². The van der Waals surface area contributed by atoms with Crippen LogP contribution in [0.5, 0.6) is 5.75 Å². The lowest BCUT2D eigenvalue weighted by Gasteiger charge is -2.20. The Bertz CT molecular complexity index is 456. The van der Waals surface area contributed by atoms with Crippen molar-refractivity contribution in [1.82, 2.24) is 0 Å². The number of nitrogens with one attached hydrogen (secondary N) is 1. The molecule has 0 aliphatic carbocycles. The predicted octanol–water partition coefficient (Wildman–Crippen LogP) is 0.722. The summed E-state index contributed by atoms with van der Waals surface area (Å²) >= 11 is 0. The third-order valence-electron chi connectivity index (χ3n) is 2.16. The molecule has 3 N–H and O–H groups in total. The molecule has 0 bridgehead atoms. The van der Waals surface area contributed by atoms with Gasteiger partial charge in [0, 0.05) is 0 Å². The van der Waals surface area contributed by atoms with Crippen LogP contribution in [0.2, 0.25) is 0 Å². The zero-order chi connectivity index (χ0) is 14.6. The number of carbonyl (C=O) groups excluding carboxylic acids is 1. The van der Waals surface area contributed by atoms with E-state index in [0.717, 1.165) is 0 Å². The highest BCUT2D eigenvalue weighted by Gasteiger charge is 2.19. The molecule has 0 aliphatic heterocycles. The number of benzene rings is 1. The predicted molar refractivity (Wildman–Crippen MR) is 72.7 cm³/mol. The third kappa shape index (κ3) is 4.80. The first-order valence-corrected chi connectivity index (χ1v) is 5.77. The van der Waals surface area contributed by atoms with Gasteiger partial charge in [-0.25, -0.2) is 4.79 Å². The highest BCUT2D eigenvalue weighted by atomic mass is 16.6. The summed E-state index contributed by atoms with van der Waals surface area (Å²) in [4.78, 5) is 11.7. The van der Waals surface area contributed by atoms with E-state index in [1.165, 1.54) is 25.3 Å². The molecular weight excluding hydrogens is 249 g/mol. The normalized spacial score (nSPS) is 10.8. The molecule has 0 saturated carbocycles. The maximum absolute atomic E-state index is 11.7. The van der Waals surface area contributed by atoms with Gasteiger partial charge in [0.05, 0.1) is 12.8 Å². The van der Waals surface area contributed by atoms with Crippen molar-refractivity contribution < 1.29 is 24.3 Å². The zero-order valence-corrected chi connectivity index (χ0v) is 11.4. The summed E-state index contributed by atoms with van der Waals surface area (Å²) < 4.78 is 10.2. The zero-order valence-electron chi connectivity index (χ0n) is 11.4. The Kier molecular flexibility index (Phi) is 4.80. The van der Waals surface area contributed by atoms with E-state index in [4.69, 9.17) is 19.5 Å². The SMILES string of the molecule is COc1ccc(B(O)O)cc1NC(=O)OC(C)(C)C. The number of rotatable bonds is 3. The van der Waals surface area contributed by atoms with E-state index in [1.807, 2.05) is 0 Å². The molecule has 1 aromatic carbocycles. The second-order valence-electron chi connectivity index (χ2n) is 4.96. The van der Waals surface area contributed by atoms with E-state index in [2.05, 4.69) is 5.32 Å². The first kappa shape index (κ1) is 15.3. The van der Waals surface area contributed by atoms with Crippen LogP contribution in [0.15, 0.2) is 18.2 Å². The average molecular weight is 267 g/mol. The number of carbonyl (C=O) groups is 1. The molecule has 104 valence electrons. The molecule has 0 radical (unpaired) electrons. The fraction of sp³-hybridized carbons (Fsp3) is 0.417. The average Bonchev–Trinajstić information content (AvgIpc) is 2.26. The van der Waals surface area contributed by atoms with Crippen molar-refractivity contribution in [2.45, 2.75) is 26.4 Å². The summed E-state index contributed by atoms with van der Waals surface area (Å²) in [5.41, 5.74) is -0.0694. The minimum Gasteiger partial charge on any atom is -0.495 e. The second-order valence-corrected chi connectivity index (χ2v) is 4.96. The molecule has 1 amide bonds. The lowest BCUT2D eigenvalue weighted by molar-refractivity contribution is 0.0635. The minimum atomic E-state index is -1.62. The molecule has 0 heterocycles. The fourth-order valence-corrected chi connectivity index (χ4v) is 1.40. The van der Waals surface area contributed by atoms with Gasteiger partial charge in [-0.15, -0.1) is 0 Å². The molecule has 0 fully saturated rings. The van der Waals surface area contributed by atoms with E-state index in [1.54, 1.807) is 20.8 Å². The summed E-state index contributed by atoms with van der Waals surface area (Å²) in [6.45, 7) is 5.24. The summed E-state index contributed by atoms with van der Waals surface area (Å²) in [7, 11) is -0.171. The van der Waals surface area contributed by atoms with Gasteiger partial charge < -0.3 is 19.5 Å². The minimum absolute atomic E-state index is 0.242. The molecule has 7 heteroatoms. The first-order valence-electron chi connectivity index (χ1n) is 5.77. The van der Waals surface area contributed by atoms with Crippen molar-refractivity contribution in [3.8, 4) is 5.75 Å². The lowest BCUT2D eigenvalue weighted by Crippen LogP contribution is -2.31. The van der Waals surface area contributed by atoms with E-state index < -0.39 is 18.8 Å². The molecular formula is C12H18BNO5. The van der Waals surface area contributed by atoms with Crippen molar-refractivity contribution >= 4 is 24.4 Å². The Morgan fingerprint density at radius 2 is 1.95 bits per heavy atom. The largest absolute Gasteiger partial charge is 0.495 e. The van der Waals surface area contributed by atoms with Gasteiger partial charge in [-0.1, -0.05) is 6.07 Å². The topological polar surface area (TPSA) is 88.0 Å². The molecule has 19 heavy (non-hydrogen) atoms. The molecule has 0 saturated heterocycles. The number of amides is 1. The van der Waals surface area contributed by atoms with Crippen LogP contribution >= 0.6 is 0 Å². The third-order valence-corrected chi connectivity index (χ3v) is 2.16. The molecule has 6 nitrogen and oxygen atoms in total. The van der Waals surface area contributed by atoms with Gasteiger partial charge in [-0.3, -0.25) is 5.32 Å². The van der Waals surface area contributed by atoms with Gasteiger partial charge in [-0.2, -0.15) is 0 Å².